The Morgan fingerprint density at radius 1 is 0.850 bits per heavy atom. The Labute approximate surface area is 113 Å². The zero-order valence-corrected chi connectivity index (χ0v) is 10.3. The number of ketones is 2. The molecule has 0 bridgehead atoms. The monoisotopic (exact) mass is 270 g/mol. The van der Waals surface area contributed by atoms with Crippen LogP contribution in [-0.4, -0.2) is 26.9 Å². The van der Waals surface area contributed by atoms with Crippen LogP contribution in [0.3, 0.4) is 0 Å². The van der Waals surface area contributed by atoms with Crippen LogP contribution in [0, 0.1) is 0 Å². The predicted octanol–water partition coefficient (Wildman–Crippen LogP) is 1.37. The summed E-state index contributed by atoms with van der Waals surface area (Å²) < 4.78 is 0. The van der Waals surface area contributed by atoms with Gasteiger partial charge >= 0.3 is 0 Å². The number of hydrogen-bond donors (Lipinski definition) is 3. The SMILES string of the molecule is O=C1c2cc(O)c(CO)cc2C(=O)c2c(O)cccc21. The number of carbonyl (C=O) groups excluding carboxylic acids is 2. The molecule has 0 atom stereocenters. The van der Waals surface area contributed by atoms with Crippen molar-refractivity contribution in [3.8, 4) is 11.5 Å². The van der Waals surface area contributed by atoms with Crippen molar-refractivity contribution in [2.24, 2.45) is 0 Å². The molecule has 3 N–H and O–H groups in total. The Hall–Kier alpha value is -2.66. The van der Waals surface area contributed by atoms with Crippen molar-refractivity contribution in [3.05, 3.63) is 58.1 Å². The summed E-state index contributed by atoms with van der Waals surface area (Å²) in [6, 6.07) is 6.72. The minimum absolute atomic E-state index is 0.0421. The number of hydrogen-bond acceptors (Lipinski definition) is 5. The molecule has 1 aliphatic carbocycles. The van der Waals surface area contributed by atoms with E-state index in [1.165, 1.54) is 30.3 Å². The van der Waals surface area contributed by atoms with Crippen molar-refractivity contribution in [2.75, 3.05) is 0 Å². The molecule has 1 aliphatic rings. The van der Waals surface area contributed by atoms with Crippen LogP contribution in [0.15, 0.2) is 30.3 Å². The number of benzene rings is 2. The number of fused-ring (bicyclic) bond motifs is 2. The second-order valence-electron chi connectivity index (χ2n) is 4.54. The first kappa shape index (κ1) is 12.4. The van der Waals surface area contributed by atoms with Gasteiger partial charge in [-0.25, -0.2) is 0 Å². The fourth-order valence-electron chi connectivity index (χ4n) is 2.38. The van der Waals surface area contributed by atoms with Gasteiger partial charge in [-0.2, -0.15) is 0 Å². The lowest BCUT2D eigenvalue weighted by atomic mass is 9.82. The van der Waals surface area contributed by atoms with E-state index < -0.39 is 18.2 Å². The summed E-state index contributed by atoms with van der Waals surface area (Å²) in [5.74, 6) is -1.44. The average Bonchev–Trinajstić information content (AvgIpc) is 2.44. The summed E-state index contributed by atoms with van der Waals surface area (Å²) in [5, 5.41) is 28.6. The van der Waals surface area contributed by atoms with E-state index in [0.29, 0.717) is 0 Å². The molecule has 20 heavy (non-hydrogen) atoms. The molecule has 2 aromatic carbocycles. The first-order valence-electron chi connectivity index (χ1n) is 5.92. The summed E-state index contributed by atoms with van der Waals surface area (Å²) >= 11 is 0. The zero-order valence-electron chi connectivity index (χ0n) is 10.3. The van der Waals surface area contributed by atoms with Gasteiger partial charge in [-0.3, -0.25) is 9.59 Å². The summed E-state index contributed by atoms with van der Waals surface area (Å²) in [6.07, 6.45) is 0. The Kier molecular flexibility index (Phi) is 2.59. The molecule has 0 saturated carbocycles. The molecule has 0 amide bonds. The number of rotatable bonds is 1. The third-order valence-corrected chi connectivity index (χ3v) is 3.39. The van der Waals surface area contributed by atoms with Crippen LogP contribution < -0.4 is 0 Å². The Balaban J connectivity index is 2.32. The minimum atomic E-state index is -0.498. The quantitative estimate of drug-likeness (QED) is 0.620. The largest absolute Gasteiger partial charge is 0.508 e. The summed E-state index contributed by atoms with van der Waals surface area (Å²) in [4.78, 5) is 24.7. The molecule has 5 nitrogen and oxygen atoms in total. The lowest BCUT2D eigenvalue weighted by Gasteiger charge is -2.19. The summed E-state index contributed by atoms with van der Waals surface area (Å²) in [7, 11) is 0. The first-order valence-corrected chi connectivity index (χ1v) is 5.92. The highest BCUT2D eigenvalue weighted by Crippen LogP contribution is 2.35. The van der Waals surface area contributed by atoms with Gasteiger partial charge in [0.15, 0.2) is 11.6 Å². The molecule has 0 radical (unpaired) electrons. The molecule has 5 heteroatoms. The first-order chi connectivity index (χ1) is 9.54. The number of aliphatic hydroxyl groups excluding tert-OH is 1. The standard InChI is InChI=1S/C15H10O5/c16-6-7-4-9-10(5-12(7)18)14(19)8-2-1-3-11(17)13(8)15(9)20/h1-5,16-18H,6H2. The molecular formula is C15H10O5. The second kappa shape index (κ2) is 4.18. The van der Waals surface area contributed by atoms with Crippen LogP contribution >= 0.6 is 0 Å². The normalized spacial score (nSPS) is 13.1. The number of aromatic hydroxyl groups is 2. The van der Waals surface area contributed by atoms with Crippen LogP contribution in [0.25, 0.3) is 0 Å². The highest BCUT2D eigenvalue weighted by Gasteiger charge is 2.32. The molecule has 0 spiro atoms. The van der Waals surface area contributed by atoms with Crippen LogP contribution in [-0.2, 0) is 6.61 Å². The third kappa shape index (κ3) is 1.53. The van der Waals surface area contributed by atoms with E-state index in [2.05, 4.69) is 0 Å². The smallest absolute Gasteiger partial charge is 0.198 e. The third-order valence-electron chi connectivity index (χ3n) is 3.39. The van der Waals surface area contributed by atoms with E-state index in [-0.39, 0.29) is 39.3 Å². The van der Waals surface area contributed by atoms with Gasteiger partial charge in [0.05, 0.1) is 12.2 Å². The van der Waals surface area contributed by atoms with E-state index in [1.807, 2.05) is 0 Å². The fraction of sp³-hybridized carbons (Fsp3) is 0.0667. The van der Waals surface area contributed by atoms with Crippen LogP contribution in [0.4, 0.5) is 0 Å². The lowest BCUT2D eigenvalue weighted by molar-refractivity contribution is 0.0976. The Bertz CT molecular complexity index is 761. The lowest BCUT2D eigenvalue weighted by Crippen LogP contribution is -2.21. The van der Waals surface area contributed by atoms with E-state index >= 15 is 0 Å². The van der Waals surface area contributed by atoms with Crippen LogP contribution in [0.1, 0.15) is 37.4 Å². The highest BCUT2D eigenvalue weighted by molar-refractivity contribution is 6.29. The number of carbonyl (C=O) groups is 2. The molecule has 0 aromatic heterocycles. The van der Waals surface area contributed by atoms with Gasteiger partial charge in [0.2, 0.25) is 0 Å². The van der Waals surface area contributed by atoms with Crippen molar-refractivity contribution in [1.29, 1.82) is 0 Å². The zero-order chi connectivity index (χ0) is 14.4. The minimum Gasteiger partial charge on any atom is -0.508 e. The molecule has 0 unspecified atom stereocenters. The molecule has 100 valence electrons. The second-order valence-corrected chi connectivity index (χ2v) is 4.54. The summed E-state index contributed by atoms with van der Waals surface area (Å²) in [6.45, 7) is -0.450. The van der Waals surface area contributed by atoms with Gasteiger partial charge in [0.25, 0.3) is 0 Å². The van der Waals surface area contributed by atoms with Crippen molar-refractivity contribution in [2.45, 2.75) is 6.61 Å². The van der Waals surface area contributed by atoms with Gasteiger partial charge in [-0.15, -0.1) is 0 Å². The summed E-state index contributed by atoms with van der Waals surface area (Å²) in [5.41, 5.74) is 0.371. The van der Waals surface area contributed by atoms with E-state index in [9.17, 15) is 19.8 Å². The predicted molar refractivity (Wildman–Crippen MR) is 69.0 cm³/mol. The molecule has 0 saturated heterocycles. The van der Waals surface area contributed by atoms with E-state index in [0.717, 1.165) is 0 Å². The average molecular weight is 270 g/mol. The van der Waals surface area contributed by atoms with Crippen molar-refractivity contribution in [3.63, 3.8) is 0 Å². The highest BCUT2D eigenvalue weighted by atomic mass is 16.3. The van der Waals surface area contributed by atoms with Crippen molar-refractivity contribution in [1.82, 2.24) is 0 Å². The molecule has 0 heterocycles. The number of aliphatic hydroxyl groups is 1. The maximum atomic E-state index is 12.4. The maximum absolute atomic E-state index is 12.4. The van der Waals surface area contributed by atoms with Crippen molar-refractivity contribution >= 4 is 11.6 Å². The van der Waals surface area contributed by atoms with E-state index in [1.54, 1.807) is 0 Å². The van der Waals surface area contributed by atoms with Gasteiger partial charge < -0.3 is 15.3 Å². The molecule has 3 rings (SSSR count). The van der Waals surface area contributed by atoms with E-state index in [4.69, 9.17) is 5.11 Å². The molecule has 2 aromatic rings. The van der Waals surface area contributed by atoms with Gasteiger partial charge in [-0.05, 0) is 18.2 Å². The van der Waals surface area contributed by atoms with Crippen LogP contribution in [0.5, 0.6) is 11.5 Å². The number of phenolic OH excluding ortho intramolecular Hbond substituents is 1. The Morgan fingerprint density at radius 3 is 2.25 bits per heavy atom. The van der Waals surface area contributed by atoms with Crippen LogP contribution in [0.2, 0.25) is 0 Å². The van der Waals surface area contributed by atoms with Crippen molar-refractivity contribution < 1.29 is 24.9 Å². The maximum Gasteiger partial charge on any atom is 0.198 e. The Morgan fingerprint density at radius 2 is 1.55 bits per heavy atom. The fourth-order valence-corrected chi connectivity index (χ4v) is 2.38. The molecule has 0 fully saturated rings. The van der Waals surface area contributed by atoms with Gasteiger partial charge in [-0.1, -0.05) is 12.1 Å². The number of phenols is 2. The molecular weight excluding hydrogens is 260 g/mol. The van der Waals surface area contributed by atoms with Gasteiger partial charge in [0.1, 0.15) is 11.5 Å². The van der Waals surface area contributed by atoms with Gasteiger partial charge in [0, 0.05) is 22.3 Å². The molecule has 0 aliphatic heterocycles. The topological polar surface area (TPSA) is 94.8 Å².